The van der Waals surface area contributed by atoms with Crippen molar-refractivity contribution >= 4 is 16.6 Å². The third-order valence-corrected chi connectivity index (χ3v) is 4.07. The second-order valence-electron chi connectivity index (χ2n) is 5.83. The smallest absolute Gasteiger partial charge is 0.137 e. The maximum Gasteiger partial charge on any atom is 0.137 e. The van der Waals surface area contributed by atoms with Gasteiger partial charge in [0, 0.05) is 36.6 Å². The first-order valence-corrected chi connectivity index (χ1v) is 8.11. The van der Waals surface area contributed by atoms with E-state index in [2.05, 4.69) is 28.1 Å². The van der Waals surface area contributed by atoms with E-state index in [-0.39, 0.29) is 0 Å². The monoisotopic (exact) mass is 322 g/mol. The van der Waals surface area contributed by atoms with Crippen LogP contribution in [0.25, 0.3) is 27.9 Å². The van der Waals surface area contributed by atoms with Crippen LogP contribution in [0.2, 0.25) is 0 Å². The van der Waals surface area contributed by atoms with Crippen LogP contribution < -0.4 is 0 Å². The Bertz CT molecular complexity index is 899. The standard InChI is InChI=1S/C19H22N4O/c1-4-14(7-5-6-13(2)24)15-10-16-17(12-21-19(16)20-11-15)18-8-9-22-23(18)3/h5-13,24H,4H2,1-3H3,(H,20,21)/b6-5-,14-7+. The molecule has 0 spiro atoms. The molecule has 0 saturated heterocycles. The molecule has 0 fully saturated rings. The van der Waals surface area contributed by atoms with Crippen LogP contribution in [0.3, 0.4) is 0 Å². The average molecular weight is 322 g/mol. The van der Waals surface area contributed by atoms with E-state index in [1.54, 1.807) is 19.2 Å². The number of nitrogens with zero attached hydrogens (tertiary/aromatic N) is 3. The first-order chi connectivity index (χ1) is 11.6. The summed E-state index contributed by atoms with van der Waals surface area (Å²) in [5.74, 6) is 0. The number of aromatic nitrogens is 4. The van der Waals surface area contributed by atoms with Crippen LogP contribution in [-0.2, 0) is 7.05 Å². The number of fused-ring (bicyclic) bond motifs is 1. The van der Waals surface area contributed by atoms with Crippen LogP contribution in [-0.4, -0.2) is 31.0 Å². The maximum absolute atomic E-state index is 9.35. The molecule has 0 aromatic carbocycles. The number of allylic oxidation sites excluding steroid dienone is 3. The Labute approximate surface area is 141 Å². The van der Waals surface area contributed by atoms with Gasteiger partial charge in [-0.05, 0) is 36.6 Å². The Kier molecular flexibility index (Phi) is 4.62. The molecule has 0 bridgehead atoms. The van der Waals surface area contributed by atoms with Crippen molar-refractivity contribution in [2.24, 2.45) is 7.05 Å². The van der Waals surface area contributed by atoms with E-state index in [9.17, 15) is 5.11 Å². The topological polar surface area (TPSA) is 66.7 Å². The zero-order valence-electron chi connectivity index (χ0n) is 14.2. The Balaban J connectivity index is 2.06. The first kappa shape index (κ1) is 16.2. The molecule has 0 aliphatic heterocycles. The molecule has 5 nitrogen and oxygen atoms in total. The van der Waals surface area contributed by atoms with Gasteiger partial charge in [0.1, 0.15) is 5.65 Å². The highest BCUT2D eigenvalue weighted by Crippen LogP contribution is 2.29. The lowest BCUT2D eigenvalue weighted by Gasteiger charge is -2.06. The van der Waals surface area contributed by atoms with Crippen molar-refractivity contribution in [2.75, 3.05) is 0 Å². The molecule has 1 atom stereocenters. The zero-order chi connectivity index (χ0) is 17.1. The predicted octanol–water partition coefficient (Wildman–Crippen LogP) is 3.69. The number of H-pyrrole nitrogens is 1. The number of aliphatic hydroxyl groups is 1. The lowest BCUT2D eigenvalue weighted by molar-refractivity contribution is 0.244. The molecular weight excluding hydrogens is 300 g/mol. The van der Waals surface area contributed by atoms with Crippen molar-refractivity contribution in [3.63, 3.8) is 0 Å². The lowest BCUT2D eigenvalue weighted by atomic mass is 10.0. The zero-order valence-corrected chi connectivity index (χ0v) is 14.2. The summed E-state index contributed by atoms with van der Waals surface area (Å²) in [5.41, 5.74) is 5.28. The van der Waals surface area contributed by atoms with Crippen LogP contribution in [0.5, 0.6) is 0 Å². The van der Waals surface area contributed by atoms with Crippen LogP contribution in [0, 0.1) is 0 Å². The van der Waals surface area contributed by atoms with E-state index in [1.807, 2.05) is 42.3 Å². The van der Waals surface area contributed by atoms with Gasteiger partial charge in [0.15, 0.2) is 0 Å². The number of aliphatic hydroxyl groups excluding tert-OH is 1. The van der Waals surface area contributed by atoms with Crippen molar-refractivity contribution < 1.29 is 5.11 Å². The van der Waals surface area contributed by atoms with Gasteiger partial charge in [-0.15, -0.1) is 0 Å². The fourth-order valence-corrected chi connectivity index (χ4v) is 2.78. The first-order valence-electron chi connectivity index (χ1n) is 8.11. The third kappa shape index (κ3) is 3.16. The van der Waals surface area contributed by atoms with E-state index in [0.29, 0.717) is 0 Å². The summed E-state index contributed by atoms with van der Waals surface area (Å²) < 4.78 is 1.86. The highest BCUT2D eigenvalue weighted by Gasteiger charge is 2.11. The molecule has 0 amide bonds. The van der Waals surface area contributed by atoms with E-state index in [4.69, 9.17) is 0 Å². The number of hydrogen-bond acceptors (Lipinski definition) is 3. The van der Waals surface area contributed by atoms with Gasteiger partial charge in [-0.2, -0.15) is 5.10 Å². The van der Waals surface area contributed by atoms with E-state index in [1.165, 1.54) is 5.57 Å². The maximum atomic E-state index is 9.35. The van der Waals surface area contributed by atoms with Crippen molar-refractivity contribution in [3.8, 4) is 11.3 Å². The van der Waals surface area contributed by atoms with Gasteiger partial charge in [-0.3, -0.25) is 4.68 Å². The molecular formula is C19H22N4O. The third-order valence-electron chi connectivity index (χ3n) is 4.07. The summed E-state index contributed by atoms with van der Waals surface area (Å²) in [6.07, 6.45) is 11.8. The second kappa shape index (κ2) is 6.84. The molecule has 3 rings (SSSR count). The minimum Gasteiger partial charge on any atom is -0.389 e. The van der Waals surface area contributed by atoms with Gasteiger partial charge in [0.05, 0.1) is 11.8 Å². The quantitative estimate of drug-likeness (QED) is 0.704. The molecule has 3 aromatic rings. The number of rotatable bonds is 5. The number of nitrogens with one attached hydrogen (secondary N) is 1. The molecule has 3 aromatic heterocycles. The van der Waals surface area contributed by atoms with Crippen LogP contribution in [0.4, 0.5) is 0 Å². The molecule has 0 aliphatic carbocycles. The van der Waals surface area contributed by atoms with Crippen LogP contribution >= 0.6 is 0 Å². The highest BCUT2D eigenvalue weighted by atomic mass is 16.3. The molecule has 2 N–H and O–H groups in total. The fraction of sp³-hybridized carbons (Fsp3) is 0.263. The molecule has 1 unspecified atom stereocenters. The summed E-state index contributed by atoms with van der Waals surface area (Å²) >= 11 is 0. The van der Waals surface area contributed by atoms with E-state index >= 15 is 0 Å². The Hall–Kier alpha value is -2.66. The van der Waals surface area contributed by atoms with Crippen molar-refractivity contribution in [3.05, 3.63) is 54.5 Å². The van der Waals surface area contributed by atoms with E-state index < -0.39 is 6.10 Å². The molecule has 124 valence electrons. The summed E-state index contributed by atoms with van der Waals surface area (Å²) in [6.45, 7) is 3.86. The number of aromatic amines is 1. The average Bonchev–Trinajstić information content (AvgIpc) is 3.16. The van der Waals surface area contributed by atoms with Gasteiger partial charge in [0.2, 0.25) is 0 Å². The molecule has 0 saturated carbocycles. The number of pyridine rings is 1. The van der Waals surface area contributed by atoms with Crippen molar-refractivity contribution in [1.82, 2.24) is 19.7 Å². The van der Waals surface area contributed by atoms with Crippen molar-refractivity contribution in [1.29, 1.82) is 0 Å². The Morgan fingerprint density at radius 1 is 1.46 bits per heavy atom. The fourth-order valence-electron chi connectivity index (χ4n) is 2.78. The summed E-state index contributed by atoms with van der Waals surface area (Å²) in [5, 5.41) is 14.7. The molecule has 0 aliphatic rings. The summed E-state index contributed by atoms with van der Waals surface area (Å²) in [6, 6.07) is 4.16. The lowest BCUT2D eigenvalue weighted by Crippen LogP contribution is -1.93. The van der Waals surface area contributed by atoms with Gasteiger partial charge in [-0.25, -0.2) is 4.98 Å². The van der Waals surface area contributed by atoms with Crippen LogP contribution in [0.1, 0.15) is 25.8 Å². The molecule has 0 radical (unpaired) electrons. The predicted molar refractivity (Wildman–Crippen MR) is 97.4 cm³/mol. The normalized spacial score (nSPS) is 13.9. The Morgan fingerprint density at radius 3 is 2.96 bits per heavy atom. The minimum atomic E-state index is -0.443. The van der Waals surface area contributed by atoms with E-state index in [0.717, 1.165) is 34.3 Å². The second-order valence-corrected chi connectivity index (χ2v) is 5.83. The van der Waals surface area contributed by atoms with Crippen molar-refractivity contribution in [2.45, 2.75) is 26.4 Å². The molecule has 5 heteroatoms. The minimum absolute atomic E-state index is 0.443. The summed E-state index contributed by atoms with van der Waals surface area (Å²) in [4.78, 5) is 7.78. The van der Waals surface area contributed by atoms with Gasteiger partial charge in [-0.1, -0.05) is 25.2 Å². The number of hydrogen-bond donors (Lipinski definition) is 2. The molecule has 24 heavy (non-hydrogen) atoms. The van der Waals surface area contributed by atoms with Gasteiger partial charge in [0.25, 0.3) is 0 Å². The SMILES string of the molecule is CC/C(=C\C=C/C(C)O)c1cnc2[nH]cc(-c3ccnn3C)c2c1. The molecule has 3 heterocycles. The van der Waals surface area contributed by atoms with Gasteiger partial charge >= 0.3 is 0 Å². The highest BCUT2D eigenvalue weighted by molar-refractivity contribution is 5.94. The van der Waals surface area contributed by atoms with Gasteiger partial charge < -0.3 is 10.1 Å². The largest absolute Gasteiger partial charge is 0.389 e. The summed E-state index contributed by atoms with van der Waals surface area (Å²) in [7, 11) is 1.93. The number of aryl methyl sites for hydroxylation is 1. The van der Waals surface area contributed by atoms with Crippen LogP contribution in [0.15, 0.2) is 49.0 Å². The Morgan fingerprint density at radius 2 is 2.29 bits per heavy atom.